The minimum atomic E-state index is 0.792. The van der Waals surface area contributed by atoms with Gasteiger partial charge in [0.25, 0.3) is 0 Å². The topological polar surface area (TPSA) is 33.1 Å². The lowest BCUT2D eigenvalue weighted by molar-refractivity contribution is 0.528. The Kier molecular flexibility index (Phi) is 4.05. The largest absolute Gasteiger partial charge is 0.368 e. The van der Waals surface area contributed by atoms with Gasteiger partial charge in [-0.05, 0) is 31.8 Å². The second-order valence-electron chi connectivity index (χ2n) is 4.90. The molecule has 1 atom stereocenters. The van der Waals surface area contributed by atoms with Gasteiger partial charge in [-0.25, -0.2) is 0 Å². The van der Waals surface area contributed by atoms with E-state index >= 15 is 0 Å². The molecule has 1 N–H and O–H groups in total. The minimum absolute atomic E-state index is 0.792. The maximum atomic E-state index is 4.52. The van der Waals surface area contributed by atoms with Crippen LogP contribution in [0.15, 0.2) is 6.20 Å². The predicted molar refractivity (Wildman–Crippen MR) is 71.4 cm³/mol. The van der Waals surface area contributed by atoms with Crippen molar-refractivity contribution in [1.29, 1.82) is 0 Å². The molecule has 1 unspecified atom stereocenters. The Morgan fingerprint density at radius 3 is 3.00 bits per heavy atom. The second-order valence-corrected chi connectivity index (χ2v) is 4.90. The molecule has 17 heavy (non-hydrogen) atoms. The molecule has 0 saturated carbocycles. The zero-order valence-corrected chi connectivity index (χ0v) is 11.2. The number of nitrogens with one attached hydrogen (secondary N) is 1. The van der Waals surface area contributed by atoms with E-state index in [1.54, 1.807) is 0 Å². The maximum absolute atomic E-state index is 4.52. The van der Waals surface area contributed by atoms with Crippen LogP contribution in [-0.2, 0) is 13.5 Å². The fourth-order valence-electron chi connectivity index (χ4n) is 2.60. The Balaban J connectivity index is 1.99. The summed E-state index contributed by atoms with van der Waals surface area (Å²) in [6.07, 6.45) is 4.48. The van der Waals surface area contributed by atoms with Gasteiger partial charge in [-0.2, -0.15) is 5.10 Å². The van der Waals surface area contributed by atoms with Crippen molar-refractivity contribution in [2.75, 3.05) is 31.1 Å². The van der Waals surface area contributed by atoms with Crippen molar-refractivity contribution in [1.82, 2.24) is 15.1 Å². The highest BCUT2D eigenvalue weighted by molar-refractivity contribution is 5.50. The van der Waals surface area contributed by atoms with Crippen molar-refractivity contribution in [2.45, 2.75) is 26.7 Å². The molecule has 1 saturated heterocycles. The summed E-state index contributed by atoms with van der Waals surface area (Å²) < 4.78 is 1.94. The number of hydrogen-bond acceptors (Lipinski definition) is 3. The molecule has 0 amide bonds. The third kappa shape index (κ3) is 2.80. The van der Waals surface area contributed by atoms with Crippen LogP contribution < -0.4 is 10.2 Å². The van der Waals surface area contributed by atoms with Crippen LogP contribution in [0.5, 0.6) is 0 Å². The van der Waals surface area contributed by atoms with Crippen LogP contribution in [0.25, 0.3) is 0 Å². The first kappa shape index (κ1) is 12.4. The number of aryl methyl sites for hydroxylation is 2. The highest BCUT2D eigenvalue weighted by Gasteiger charge is 2.24. The zero-order valence-electron chi connectivity index (χ0n) is 11.2. The van der Waals surface area contributed by atoms with Crippen LogP contribution >= 0.6 is 0 Å². The Morgan fingerprint density at radius 1 is 1.47 bits per heavy atom. The van der Waals surface area contributed by atoms with Crippen molar-refractivity contribution in [2.24, 2.45) is 13.0 Å². The number of aromatic nitrogens is 2. The van der Waals surface area contributed by atoms with E-state index in [1.165, 1.54) is 30.9 Å². The average molecular weight is 236 g/mol. The van der Waals surface area contributed by atoms with Gasteiger partial charge in [0.1, 0.15) is 0 Å². The predicted octanol–water partition coefficient (Wildman–Crippen LogP) is 1.42. The average Bonchev–Trinajstić information content (AvgIpc) is 2.92. The molecular formula is C13H24N4. The van der Waals surface area contributed by atoms with Gasteiger partial charge in [-0.1, -0.05) is 13.8 Å². The molecule has 96 valence electrons. The van der Waals surface area contributed by atoms with E-state index in [0.717, 1.165) is 25.4 Å². The highest BCUT2D eigenvalue weighted by Crippen LogP contribution is 2.26. The first-order valence-electron chi connectivity index (χ1n) is 6.72. The van der Waals surface area contributed by atoms with Crippen molar-refractivity contribution in [3.05, 3.63) is 11.9 Å². The molecule has 0 aliphatic carbocycles. The molecule has 1 fully saturated rings. The van der Waals surface area contributed by atoms with E-state index in [0.29, 0.717) is 0 Å². The molecule has 1 aliphatic heterocycles. The van der Waals surface area contributed by atoms with E-state index in [1.807, 2.05) is 11.7 Å². The van der Waals surface area contributed by atoms with E-state index in [9.17, 15) is 0 Å². The Morgan fingerprint density at radius 2 is 2.29 bits per heavy atom. The lowest BCUT2D eigenvalue weighted by atomic mass is 10.1. The molecule has 2 heterocycles. The van der Waals surface area contributed by atoms with Crippen molar-refractivity contribution >= 4 is 5.69 Å². The van der Waals surface area contributed by atoms with E-state index < -0.39 is 0 Å². The number of hydrogen-bond donors (Lipinski definition) is 1. The van der Waals surface area contributed by atoms with Crippen LogP contribution in [0.2, 0.25) is 0 Å². The maximum Gasteiger partial charge on any atom is 0.0855 e. The smallest absolute Gasteiger partial charge is 0.0855 e. The van der Waals surface area contributed by atoms with Gasteiger partial charge in [0.15, 0.2) is 0 Å². The summed E-state index contributed by atoms with van der Waals surface area (Å²) in [6, 6.07) is 0. The van der Waals surface area contributed by atoms with E-state index in [-0.39, 0.29) is 0 Å². The molecule has 1 aromatic rings. The Bertz CT molecular complexity index is 358. The molecule has 0 radical (unpaired) electrons. The van der Waals surface area contributed by atoms with Crippen LogP contribution in [0.4, 0.5) is 5.69 Å². The SMILES string of the molecule is CCNCC1CCN(c2cn(C)nc2CC)C1. The minimum Gasteiger partial charge on any atom is -0.368 e. The first-order valence-corrected chi connectivity index (χ1v) is 6.72. The molecule has 4 nitrogen and oxygen atoms in total. The standard InChI is InChI=1S/C13H24N4/c1-4-12-13(10-16(3)15-12)17-7-6-11(9-17)8-14-5-2/h10-11,14H,4-9H2,1-3H3. The molecule has 0 aromatic carbocycles. The van der Waals surface area contributed by atoms with Gasteiger partial charge in [-0.15, -0.1) is 0 Å². The van der Waals surface area contributed by atoms with Gasteiger partial charge in [-0.3, -0.25) is 4.68 Å². The molecule has 1 aromatic heterocycles. The third-order valence-corrected chi connectivity index (χ3v) is 3.53. The highest BCUT2D eigenvalue weighted by atomic mass is 15.3. The van der Waals surface area contributed by atoms with Crippen molar-refractivity contribution < 1.29 is 0 Å². The molecule has 1 aliphatic rings. The summed E-state index contributed by atoms with van der Waals surface area (Å²) >= 11 is 0. The quantitative estimate of drug-likeness (QED) is 0.839. The van der Waals surface area contributed by atoms with Gasteiger partial charge in [0.2, 0.25) is 0 Å². The third-order valence-electron chi connectivity index (χ3n) is 3.53. The summed E-state index contributed by atoms with van der Waals surface area (Å²) in [5, 5.41) is 7.97. The summed E-state index contributed by atoms with van der Waals surface area (Å²) in [4.78, 5) is 2.49. The lowest BCUT2D eigenvalue weighted by Gasteiger charge is -2.18. The lowest BCUT2D eigenvalue weighted by Crippen LogP contribution is -2.26. The number of anilines is 1. The first-order chi connectivity index (χ1) is 8.24. The van der Waals surface area contributed by atoms with Crippen molar-refractivity contribution in [3.8, 4) is 0 Å². The monoisotopic (exact) mass is 236 g/mol. The molecular weight excluding hydrogens is 212 g/mol. The van der Waals surface area contributed by atoms with Gasteiger partial charge in [0.05, 0.1) is 11.4 Å². The molecule has 4 heteroatoms. The van der Waals surface area contributed by atoms with Gasteiger partial charge in [0, 0.05) is 26.3 Å². The Labute approximate surface area is 104 Å². The normalized spacial score (nSPS) is 20.2. The van der Waals surface area contributed by atoms with Crippen LogP contribution in [0.1, 0.15) is 26.0 Å². The zero-order chi connectivity index (χ0) is 12.3. The molecule has 0 spiro atoms. The Hall–Kier alpha value is -1.03. The molecule has 0 bridgehead atoms. The number of rotatable bonds is 5. The summed E-state index contributed by atoms with van der Waals surface area (Å²) in [7, 11) is 2.01. The second kappa shape index (κ2) is 5.54. The van der Waals surface area contributed by atoms with E-state index in [4.69, 9.17) is 0 Å². The van der Waals surface area contributed by atoms with Crippen LogP contribution in [-0.4, -0.2) is 36.0 Å². The summed E-state index contributed by atoms with van der Waals surface area (Å²) in [5.41, 5.74) is 2.57. The summed E-state index contributed by atoms with van der Waals surface area (Å²) in [6.45, 7) is 8.92. The van der Waals surface area contributed by atoms with Gasteiger partial charge < -0.3 is 10.2 Å². The van der Waals surface area contributed by atoms with Crippen LogP contribution in [0.3, 0.4) is 0 Å². The summed E-state index contributed by atoms with van der Waals surface area (Å²) in [5.74, 6) is 0.792. The van der Waals surface area contributed by atoms with E-state index in [2.05, 4.69) is 35.4 Å². The van der Waals surface area contributed by atoms with Crippen molar-refractivity contribution in [3.63, 3.8) is 0 Å². The molecule has 2 rings (SSSR count). The number of nitrogens with zero attached hydrogens (tertiary/aromatic N) is 3. The van der Waals surface area contributed by atoms with Gasteiger partial charge >= 0.3 is 0 Å². The fourth-order valence-corrected chi connectivity index (χ4v) is 2.60. The van der Waals surface area contributed by atoms with Crippen LogP contribution in [0, 0.1) is 5.92 Å². The fraction of sp³-hybridized carbons (Fsp3) is 0.769.